The van der Waals surface area contributed by atoms with Crippen molar-refractivity contribution < 1.29 is 26.4 Å². The molecule has 0 bridgehead atoms. The molecule has 0 amide bonds. The fourth-order valence-corrected chi connectivity index (χ4v) is 2.39. The smallest absolute Gasteiger partial charge is 0 e. The van der Waals surface area contributed by atoms with Crippen LogP contribution in [0.3, 0.4) is 0 Å². The summed E-state index contributed by atoms with van der Waals surface area (Å²) < 4.78 is 15.0. The van der Waals surface area contributed by atoms with E-state index >= 15 is 0 Å². The molecular weight excluding hydrogens is 348 g/mol. The molecule has 0 saturated heterocycles. The van der Waals surface area contributed by atoms with Crippen LogP contribution in [0.5, 0.6) is 0 Å². The summed E-state index contributed by atoms with van der Waals surface area (Å²) in [6.45, 7) is 33.2. The van der Waals surface area contributed by atoms with E-state index in [4.69, 9.17) is 9.30 Å². The van der Waals surface area contributed by atoms with E-state index in [1.165, 1.54) is 0 Å². The molecule has 0 heterocycles. The molecule has 0 aromatic heterocycles. The second kappa shape index (κ2) is 15.0. The minimum absolute atomic E-state index is 0. The molecule has 0 aromatic rings. The van der Waals surface area contributed by atoms with E-state index < -0.39 is 7.59 Å². The van der Waals surface area contributed by atoms with Gasteiger partial charge in [0, 0.05) is 33.0 Å². The molecule has 1 radical (unpaired) electrons. The molecule has 5 heteroatoms. The topological polar surface area (TPSA) is 39.8 Å². The van der Waals surface area contributed by atoms with E-state index in [-0.39, 0.29) is 25.4 Å². The first-order valence-corrected chi connectivity index (χ1v) is 14.7. The molecule has 1 aliphatic carbocycles. The van der Waals surface area contributed by atoms with Crippen LogP contribution in [-0.4, -0.2) is 15.9 Å². The second-order valence-corrected chi connectivity index (χ2v) is 21.5. The van der Waals surface area contributed by atoms with Crippen LogP contribution in [0, 0.1) is 42.9 Å². The minimum atomic E-state index is -0.633. The quantitative estimate of drug-likeness (QED) is 0.337. The van der Waals surface area contributed by atoms with Gasteiger partial charge in [0.2, 0.25) is 0 Å². The van der Waals surface area contributed by atoms with E-state index in [0.717, 1.165) is 29.6 Å². The molecule has 131 valence electrons. The average molecular weight is 383 g/mol. The Balaban J connectivity index is -0.000000120. The van der Waals surface area contributed by atoms with Crippen molar-refractivity contribution in [2.24, 2.45) is 29.6 Å². The molecule has 0 atom stereocenters. The van der Waals surface area contributed by atoms with E-state index in [2.05, 4.69) is 80.7 Å². The Morgan fingerprint density at radius 1 is 0.636 bits per heavy atom. The van der Waals surface area contributed by atoms with E-state index in [0.29, 0.717) is 0 Å². The third-order valence-electron chi connectivity index (χ3n) is 5.65. The first kappa shape index (κ1) is 30.3. The molecular formula is C17H35FeO2Si2. The molecule has 22 heavy (non-hydrogen) atoms. The maximum absolute atomic E-state index is 7.50. The van der Waals surface area contributed by atoms with Gasteiger partial charge in [-0.25, -0.2) is 0 Å². The summed E-state index contributed by atoms with van der Waals surface area (Å²) in [6.07, 6.45) is 0. The van der Waals surface area contributed by atoms with Crippen LogP contribution in [0.4, 0.5) is 0 Å². The van der Waals surface area contributed by atoms with Gasteiger partial charge in [0.05, 0.1) is 0 Å². The summed E-state index contributed by atoms with van der Waals surface area (Å²) >= 11 is 0. The van der Waals surface area contributed by atoms with Gasteiger partial charge in [-0.3, -0.25) is 0 Å². The fraction of sp³-hybridized carbons (Fsp3) is 0.882. The largest absolute Gasteiger partial charge is 0 e. The molecule has 2 nitrogen and oxygen atoms in total. The summed E-state index contributed by atoms with van der Waals surface area (Å²) in [4.78, 5) is 0. The Morgan fingerprint density at radius 2 is 0.727 bits per heavy atom. The average Bonchev–Trinajstić information content (AvgIpc) is 2.61. The SMILES string of the molecule is CC1C(C)C(C)C(C)C1C.C[Si](C)[Si](C)(C)C.[C-]#[O+].[C-]#[O+].[Fe]. The van der Waals surface area contributed by atoms with Crippen LogP contribution in [-0.2, 0) is 26.4 Å². The Kier molecular flexibility index (Phi) is 20.7. The zero-order chi connectivity index (χ0) is 18.0. The molecule has 0 aromatic carbocycles. The van der Waals surface area contributed by atoms with Crippen LogP contribution < -0.4 is 0 Å². The molecule has 0 aliphatic heterocycles. The number of hydrogen-bond donors (Lipinski definition) is 0. The van der Waals surface area contributed by atoms with Gasteiger partial charge in [-0.2, -0.15) is 0 Å². The van der Waals surface area contributed by atoms with Gasteiger partial charge >= 0.3 is 22.6 Å². The Labute approximate surface area is 152 Å². The molecule has 0 unspecified atom stereocenters. The Morgan fingerprint density at radius 3 is 0.773 bits per heavy atom. The summed E-state index contributed by atoms with van der Waals surface area (Å²) in [5.41, 5.74) is 0. The molecule has 1 rings (SSSR count). The summed E-state index contributed by atoms with van der Waals surface area (Å²) in [6, 6.07) is 0. The molecule has 1 fully saturated rings. The van der Waals surface area contributed by atoms with Gasteiger partial charge in [-0.1, -0.05) is 67.4 Å². The summed E-state index contributed by atoms with van der Waals surface area (Å²) in [5.74, 6) is 4.68. The van der Waals surface area contributed by atoms with Gasteiger partial charge < -0.3 is 0 Å². The van der Waals surface area contributed by atoms with Gasteiger partial charge in [0.15, 0.2) is 0 Å². The predicted octanol–water partition coefficient (Wildman–Crippen LogP) is 5.26. The zero-order valence-corrected chi connectivity index (χ0v) is 19.2. The Hall–Kier alpha value is 0.433. The van der Waals surface area contributed by atoms with E-state index in [1.807, 2.05) is 0 Å². The van der Waals surface area contributed by atoms with Crippen molar-refractivity contribution in [2.45, 2.75) is 67.4 Å². The molecule has 1 saturated carbocycles. The molecule has 1 aliphatic rings. The van der Waals surface area contributed by atoms with Crippen molar-refractivity contribution in [3.05, 3.63) is 13.3 Å². The monoisotopic (exact) mass is 383 g/mol. The molecule has 0 N–H and O–H groups in total. The van der Waals surface area contributed by atoms with Crippen molar-refractivity contribution in [3.63, 3.8) is 0 Å². The maximum Gasteiger partial charge on any atom is 0 e. The summed E-state index contributed by atoms with van der Waals surface area (Å²) in [7, 11) is -0.544. The van der Waals surface area contributed by atoms with Crippen molar-refractivity contribution in [1.82, 2.24) is 0 Å². The first-order chi connectivity index (χ1) is 9.50. The van der Waals surface area contributed by atoms with Gasteiger partial charge in [-0.05, 0) is 29.6 Å². The number of rotatable bonds is 1. The van der Waals surface area contributed by atoms with Crippen molar-refractivity contribution in [2.75, 3.05) is 0 Å². The minimum Gasteiger partial charge on any atom is 0 e. The Bertz CT molecular complexity index is 247. The van der Waals surface area contributed by atoms with Crippen molar-refractivity contribution in [1.29, 1.82) is 0 Å². The van der Waals surface area contributed by atoms with Crippen LogP contribution in [0.2, 0.25) is 32.7 Å². The van der Waals surface area contributed by atoms with Crippen LogP contribution in [0.15, 0.2) is 0 Å². The maximum atomic E-state index is 7.50. The number of hydrogen-bond acceptors (Lipinski definition) is 0. The third-order valence-corrected chi connectivity index (χ3v) is 17.6. The van der Waals surface area contributed by atoms with Crippen molar-refractivity contribution in [3.8, 4) is 0 Å². The standard InChI is InChI=1S/C10H20.C5H15Si2.2CO.Fe/c1-6-7(2)9(4)10(5)8(6)3;1-6(2)7(3,4)5;2*1-2;/h6-10H,1-5H3;1-5H3;;;. The van der Waals surface area contributed by atoms with Gasteiger partial charge in [0.25, 0.3) is 0 Å². The molecule has 0 spiro atoms. The van der Waals surface area contributed by atoms with E-state index in [9.17, 15) is 0 Å². The van der Waals surface area contributed by atoms with Crippen molar-refractivity contribution >= 4 is 15.9 Å². The first-order valence-electron chi connectivity index (χ1n) is 7.71. The van der Waals surface area contributed by atoms with Gasteiger partial charge in [0.1, 0.15) is 0 Å². The van der Waals surface area contributed by atoms with Crippen LogP contribution >= 0.6 is 0 Å². The third kappa shape index (κ3) is 11.0. The van der Waals surface area contributed by atoms with Gasteiger partial charge in [-0.15, -0.1) is 0 Å². The normalized spacial score (nSPS) is 29.5. The summed E-state index contributed by atoms with van der Waals surface area (Å²) in [5, 5.41) is 0. The zero-order valence-electron chi connectivity index (χ0n) is 16.1. The second-order valence-electron chi connectivity index (χ2n) is 7.55. The predicted molar refractivity (Wildman–Crippen MR) is 94.5 cm³/mol. The van der Waals surface area contributed by atoms with Crippen LogP contribution in [0.1, 0.15) is 34.6 Å². The fourth-order valence-electron chi connectivity index (χ4n) is 2.39. The van der Waals surface area contributed by atoms with Crippen LogP contribution in [0.25, 0.3) is 0 Å². The van der Waals surface area contributed by atoms with E-state index in [1.54, 1.807) is 0 Å².